The van der Waals surface area contributed by atoms with E-state index < -0.39 is 17.6 Å². The molecule has 2 unspecified atom stereocenters. The van der Waals surface area contributed by atoms with Crippen molar-refractivity contribution in [1.29, 1.82) is 0 Å². The topological polar surface area (TPSA) is 72.6 Å². The number of esters is 1. The second-order valence-electron chi connectivity index (χ2n) is 7.04. The summed E-state index contributed by atoms with van der Waals surface area (Å²) in [6.07, 6.45) is 0.733. The average Bonchev–Trinajstić information content (AvgIpc) is 2.66. The Bertz CT molecular complexity index is 851. The van der Waals surface area contributed by atoms with Crippen LogP contribution >= 0.6 is 11.6 Å². The first-order valence-electron chi connectivity index (χ1n) is 8.89. The molecule has 1 aliphatic rings. The summed E-state index contributed by atoms with van der Waals surface area (Å²) < 4.78 is 5.52. The number of benzene rings is 2. The normalized spacial score (nSPS) is 22.4. The molecule has 0 bridgehead atoms. The van der Waals surface area contributed by atoms with Crippen LogP contribution in [0.25, 0.3) is 0 Å². The van der Waals surface area contributed by atoms with E-state index in [0.29, 0.717) is 35.4 Å². The Hall–Kier alpha value is -2.37. The predicted molar refractivity (Wildman–Crippen MR) is 106 cm³/mol. The first-order chi connectivity index (χ1) is 12.8. The lowest BCUT2D eigenvalue weighted by Crippen LogP contribution is -2.53. The molecule has 1 saturated carbocycles. The third kappa shape index (κ3) is 3.84. The third-order valence-electron chi connectivity index (χ3n) is 4.99. The monoisotopic (exact) mass is 386 g/mol. The van der Waals surface area contributed by atoms with Gasteiger partial charge in [-0.3, -0.25) is 4.79 Å². The van der Waals surface area contributed by atoms with E-state index in [4.69, 9.17) is 22.1 Å². The molecule has 5 nitrogen and oxygen atoms in total. The van der Waals surface area contributed by atoms with E-state index in [0.717, 1.165) is 5.69 Å². The van der Waals surface area contributed by atoms with Crippen LogP contribution in [0.5, 0.6) is 0 Å². The highest BCUT2D eigenvalue weighted by Gasteiger charge is 2.45. The van der Waals surface area contributed by atoms with E-state index in [1.807, 2.05) is 31.1 Å². The number of ether oxygens (including phenoxy) is 1. The molecule has 2 N–H and O–H groups in total. The van der Waals surface area contributed by atoms with Crippen LogP contribution in [-0.2, 0) is 15.1 Å². The standard InChI is InChI=1S/C21H23ClN2O3/c1-24(2)15-11-9-14(10-12-15)20(26)27-18-8-5-13-21(23,19(18)25)16-6-3-4-7-17(16)22/h3-4,6-7,9-12,18H,5,8,13,23H2,1-2H3. The van der Waals surface area contributed by atoms with Gasteiger partial charge in [0.05, 0.1) is 5.56 Å². The summed E-state index contributed by atoms with van der Waals surface area (Å²) in [5.74, 6) is -0.831. The zero-order valence-corrected chi connectivity index (χ0v) is 16.2. The molecule has 2 aromatic rings. The van der Waals surface area contributed by atoms with E-state index in [1.54, 1.807) is 36.4 Å². The van der Waals surface area contributed by atoms with Gasteiger partial charge < -0.3 is 15.4 Å². The van der Waals surface area contributed by atoms with Gasteiger partial charge in [0, 0.05) is 24.8 Å². The summed E-state index contributed by atoms with van der Waals surface area (Å²) in [6, 6.07) is 14.1. The summed E-state index contributed by atoms with van der Waals surface area (Å²) >= 11 is 6.26. The highest BCUT2D eigenvalue weighted by Crippen LogP contribution is 2.37. The molecule has 0 heterocycles. The number of halogens is 1. The van der Waals surface area contributed by atoms with Crippen molar-refractivity contribution in [2.75, 3.05) is 19.0 Å². The third-order valence-corrected chi connectivity index (χ3v) is 5.32. The van der Waals surface area contributed by atoms with Gasteiger partial charge in [-0.15, -0.1) is 0 Å². The zero-order chi connectivity index (χ0) is 19.6. The molecule has 0 radical (unpaired) electrons. The van der Waals surface area contributed by atoms with Crippen LogP contribution in [0.3, 0.4) is 0 Å². The van der Waals surface area contributed by atoms with Crippen LogP contribution in [0, 0.1) is 0 Å². The van der Waals surface area contributed by atoms with Gasteiger partial charge in [-0.1, -0.05) is 29.8 Å². The second kappa shape index (κ2) is 7.71. The van der Waals surface area contributed by atoms with Crippen molar-refractivity contribution < 1.29 is 14.3 Å². The van der Waals surface area contributed by atoms with Gasteiger partial charge in [-0.2, -0.15) is 0 Å². The Morgan fingerprint density at radius 1 is 1.19 bits per heavy atom. The lowest BCUT2D eigenvalue weighted by Gasteiger charge is -2.36. The lowest BCUT2D eigenvalue weighted by atomic mass is 9.75. The van der Waals surface area contributed by atoms with Gasteiger partial charge >= 0.3 is 5.97 Å². The quantitative estimate of drug-likeness (QED) is 0.813. The largest absolute Gasteiger partial charge is 0.451 e. The van der Waals surface area contributed by atoms with Gasteiger partial charge in [-0.05, 0) is 55.2 Å². The molecule has 3 rings (SSSR count). The van der Waals surface area contributed by atoms with E-state index in [2.05, 4.69) is 0 Å². The molecule has 1 aliphatic carbocycles. The molecule has 0 aromatic heterocycles. The number of rotatable bonds is 4. The first-order valence-corrected chi connectivity index (χ1v) is 9.27. The van der Waals surface area contributed by atoms with Crippen LogP contribution in [0.1, 0.15) is 35.2 Å². The smallest absolute Gasteiger partial charge is 0.338 e. The maximum atomic E-state index is 13.0. The Balaban J connectivity index is 1.78. The molecule has 6 heteroatoms. The van der Waals surface area contributed by atoms with Crippen molar-refractivity contribution in [3.8, 4) is 0 Å². The minimum Gasteiger partial charge on any atom is -0.451 e. The first kappa shape index (κ1) is 19.4. The molecule has 0 amide bonds. The van der Waals surface area contributed by atoms with Crippen molar-refractivity contribution in [2.45, 2.75) is 30.9 Å². The highest BCUT2D eigenvalue weighted by molar-refractivity contribution is 6.31. The SMILES string of the molecule is CN(C)c1ccc(C(=O)OC2CCCC(N)(c3ccccc3Cl)C2=O)cc1. The van der Waals surface area contributed by atoms with Crippen molar-refractivity contribution in [3.63, 3.8) is 0 Å². The fraction of sp³-hybridized carbons (Fsp3) is 0.333. The molecule has 142 valence electrons. The van der Waals surface area contributed by atoms with Gasteiger partial charge in [-0.25, -0.2) is 4.79 Å². The van der Waals surface area contributed by atoms with Gasteiger partial charge in [0.1, 0.15) is 5.54 Å². The Kier molecular flexibility index (Phi) is 5.53. The summed E-state index contributed by atoms with van der Waals surface area (Å²) in [6.45, 7) is 0. The van der Waals surface area contributed by atoms with Crippen molar-refractivity contribution >= 4 is 29.0 Å². The number of nitrogens with zero attached hydrogens (tertiary/aromatic N) is 1. The molecular formula is C21H23ClN2O3. The van der Waals surface area contributed by atoms with Gasteiger partial charge in [0.25, 0.3) is 0 Å². The molecule has 27 heavy (non-hydrogen) atoms. The fourth-order valence-corrected chi connectivity index (χ4v) is 3.71. The van der Waals surface area contributed by atoms with E-state index in [9.17, 15) is 9.59 Å². The number of anilines is 1. The lowest BCUT2D eigenvalue weighted by molar-refractivity contribution is -0.136. The van der Waals surface area contributed by atoms with Crippen LogP contribution in [0.15, 0.2) is 48.5 Å². The summed E-state index contributed by atoms with van der Waals surface area (Å²) in [5.41, 5.74) is 7.16. The van der Waals surface area contributed by atoms with Crippen LogP contribution in [0.4, 0.5) is 5.69 Å². The average molecular weight is 387 g/mol. The number of nitrogens with two attached hydrogens (primary N) is 1. The second-order valence-corrected chi connectivity index (χ2v) is 7.45. The predicted octanol–water partition coefficient (Wildman–Crippen LogP) is 3.54. The summed E-state index contributed by atoms with van der Waals surface area (Å²) in [5, 5.41) is 0.444. The van der Waals surface area contributed by atoms with E-state index >= 15 is 0 Å². The number of ketones is 1. The van der Waals surface area contributed by atoms with Crippen molar-refractivity contribution in [3.05, 3.63) is 64.7 Å². The molecule has 2 atom stereocenters. The van der Waals surface area contributed by atoms with Crippen LogP contribution in [-0.4, -0.2) is 32.0 Å². The zero-order valence-electron chi connectivity index (χ0n) is 15.4. The molecule has 0 aliphatic heterocycles. The Labute approximate surface area is 164 Å². The Morgan fingerprint density at radius 3 is 2.48 bits per heavy atom. The summed E-state index contributed by atoms with van der Waals surface area (Å²) in [7, 11) is 3.84. The van der Waals surface area contributed by atoms with Crippen molar-refractivity contribution in [1.82, 2.24) is 0 Å². The van der Waals surface area contributed by atoms with Gasteiger partial charge in [0.2, 0.25) is 0 Å². The highest BCUT2D eigenvalue weighted by atomic mass is 35.5. The fourth-order valence-electron chi connectivity index (χ4n) is 3.40. The molecule has 0 saturated heterocycles. The molecule has 1 fully saturated rings. The number of Topliss-reactive ketones (excluding diaryl/α,β-unsaturated/α-hetero) is 1. The molecule has 2 aromatic carbocycles. The van der Waals surface area contributed by atoms with Crippen molar-refractivity contribution in [2.24, 2.45) is 5.73 Å². The van der Waals surface area contributed by atoms with Crippen LogP contribution in [0.2, 0.25) is 5.02 Å². The maximum absolute atomic E-state index is 13.0. The number of carbonyl (C=O) groups is 2. The molecule has 0 spiro atoms. The number of hydrogen-bond donors (Lipinski definition) is 1. The van der Waals surface area contributed by atoms with Crippen LogP contribution < -0.4 is 10.6 Å². The van der Waals surface area contributed by atoms with E-state index in [1.165, 1.54) is 0 Å². The maximum Gasteiger partial charge on any atom is 0.338 e. The van der Waals surface area contributed by atoms with E-state index in [-0.39, 0.29) is 5.78 Å². The Morgan fingerprint density at radius 2 is 1.85 bits per heavy atom. The summed E-state index contributed by atoms with van der Waals surface area (Å²) in [4.78, 5) is 27.5. The molecular weight excluding hydrogens is 364 g/mol. The minimum atomic E-state index is -1.24. The number of carbonyl (C=O) groups excluding carboxylic acids is 2. The minimum absolute atomic E-state index is 0.305. The van der Waals surface area contributed by atoms with Gasteiger partial charge in [0.15, 0.2) is 11.9 Å². The number of hydrogen-bond acceptors (Lipinski definition) is 5.